The number of rotatable bonds is 6. The molecule has 0 heterocycles. The molecule has 6 heteroatoms. The normalized spacial score (nSPS) is 11.7. The number of nitrogens with one attached hydrogen (secondary N) is 1. The van der Waals surface area contributed by atoms with Gasteiger partial charge in [0.15, 0.2) is 0 Å². The smallest absolute Gasteiger partial charge is 0.308 e. The van der Waals surface area contributed by atoms with E-state index >= 15 is 0 Å². The number of fused-ring (bicyclic) bond motifs is 1. The maximum Gasteiger partial charge on any atom is 0.308 e. The van der Waals surface area contributed by atoms with Crippen LogP contribution in [0.2, 0.25) is 0 Å². The van der Waals surface area contributed by atoms with E-state index in [1.807, 2.05) is 30.3 Å². The molecular formula is C17H18N2O4. The number of primary amides is 1. The van der Waals surface area contributed by atoms with Crippen molar-refractivity contribution < 1.29 is 19.1 Å². The molecule has 0 saturated carbocycles. The molecule has 0 fully saturated rings. The molecule has 1 atom stereocenters. The van der Waals surface area contributed by atoms with Crippen LogP contribution in [0.5, 0.6) is 0 Å². The molecule has 120 valence electrons. The molecule has 2 aromatic carbocycles. The fraction of sp³-hybridized carbons (Fsp3) is 0.235. The molecule has 0 bridgehead atoms. The Morgan fingerprint density at radius 3 is 2.52 bits per heavy atom. The predicted octanol–water partition coefficient (Wildman–Crippen LogP) is 1.38. The zero-order valence-corrected chi connectivity index (χ0v) is 12.7. The highest BCUT2D eigenvalue weighted by Crippen LogP contribution is 2.18. The molecule has 0 saturated heterocycles. The van der Waals surface area contributed by atoms with Gasteiger partial charge in [0, 0.05) is 5.56 Å². The molecule has 6 nitrogen and oxygen atoms in total. The zero-order valence-electron chi connectivity index (χ0n) is 12.7. The minimum atomic E-state index is -1.11. The Balaban J connectivity index is 2.21. The molecule has 2 amide bonds. The van der Waals surface area contributed by atoms with Gasteiger partial charge in [0.1, 0.15) is 6.04 Å². The lowest BCUT2D eigenvalue weighted by atomic mass is 10.0. The summed E-state index contributed by atoms with van der Waals surface area (Å²) in [6.45, 7) is 1.85. The minimum Gasteiger partial charge on any atom is -0.466 e. The van der Waals surface area contributed by atoms with Crippen LogP contribution in [0.1, 0.15) is 23.7 Å². The van der Waals surface area contributed by atoms with E-state index in [-0.39, 0.29) is 13.0 Å². The molecular weight excluding hydrogens is 296 g/mol. The van der Waals surface area contributed by atoms with Gasteiger partial charge in [-0.3, -0.25) is 14.4 Å². The number of carbonyl (C=O) groups is 3. The van der Waals surface area contributed by atoms with E-state index in [2.05, 4.69) is 5.32 Å². The first-order chi connectivity index (χ1) is 11.0. The van der Waals surface area contributed by atoms with Crippen LogP contribution in [-0.4, -0.2) is 30.4 Å². The number of amides is 2. The van der Waals surface area contributed by atoms with E-state index in [9.17, 15) is 14.4 Å². The third-order valence-electron chi connectivity index (χ3n) is 3.36. The van der Waals surface area contributed by atoms with Crippen molar-refractivity contribution in [1.82, 2.24) is 5.32 Å². The standard InChI is InChI=1S/C17H18N2O4/c1-2-23-15(20)10-14(16(18)21)19-17(22)13-9-5-7-11-6-3-4-8-12(11)13/h3-9,14H,2,10H2,1H3,(H2,18,21)(H,19,22)/t14-/m0/s1. The SMILES string of the molecule is CCOC(=O)C[C@H](NC(=O)c1cccc2ccccc12)C(N)=O. The van der Waals surface area contributed by atoms with Gasteiger partial charge < -0.3 is 15.8 Å². The molecule has 0 spiro atoms. The van der Waals surface area contributed by atoms with Crippen LogP contribution in [0, 0.1) is 0 Å². The first kappa shape index (κ1) is 16.5. The average Bonchev–Trinajstić information content (AvgIpc) is 2.53. The van der Waals surface area contributed by atoms with Crippen molar-refractivity contribution >= 4 is 28.6 Å². The maximum atomic E-state index is 12.4. The van der Waals surface area contributed by atoms with Crippen molar-refractivity contribution in [3.8, 4) is 0 Å². The van der Waals surface area contributed by atoms with E-state index in [1.165, 1.54) is 0 Å². The van der Waals surface area contributed by atoms with Gasteiger partial charge in [0.2, 0.25) is 5.91 Å². The topological polar surface area (TPSA) is 98.5 Å². The van der Waals surface area contributed by atoms with Gasteiger partial charge in [-0.1, -0.05) is 36.4 Å². The van der Waals surface area contributed by atoms with E-state index in [1.54, 1.807) is 19.1 Å². The van der Waals surface area contributed by atoms with Crippen molar-refractivity contribution in [2.24, 2.45) is 5.73 Å². The lowest BCUT2D eigenvalue weighted by molar-refractivity contribution is -0.145. The van der Waals surface area contributed by atoms with Crippen molar-refractivity contribution in [1.29, 1.82) is 0 Å². The first-order valence-corrected chi connectivity index (χ1v) is 7.26. The van der Waals surface area contributed by atoms with Crippen LogP contribution in [0.3, 0.4) is 0 Å². The zero-order chi connectivity index (χ0) is 16.8. The van der Waals surface area contributed by atoms with Crippen LogP contribution in [0.15, 0.2) is 42.5 Å². The predicted molar refractivity (Wildman–Crippen MR) is 85.6 cm³/mol. The average molecular weight is 314 g/mol. The summed E-state index contributed by atoms with van der Waals surface area (Å²) in [5, 5.41) is 4.16. The number of benzene rings is 2. The van der Waals surface area contributed by atoms with Crippen LogP contribution < -0.4 is 11.1 Å². The molecule has 2 aromatic rings. The monoisotopic (exact) mass is 314 g/mol. The van der Waals surface area contributed by atoms with Gasteiger partial charge in [-0.25, -0.2) is 0 Å². The Morgan fingerprint density at radius 1 is 1.13 bits per heavy atom. The van der Waals surface area contributed by atoms with Crippen molar-refractivity contribution in [3.05, 3.63) is 48.0 Å². The number of hydrogen-bond donors (Lipinski definition) is 2. The molecule has 0 aliphatic heterocycles. The second-order valence-electron chi connectivity index (χ2n) is 4.96. The molecule has 0 radical (unpaired) electrons. The summed E-state index contributed by atoms with van der Waals surface area (Å²) in [4.78, 5) is 35.4. The highest BCUT2D eigenvalue weighted by Gasteiger charge is 2.23. The highest BCUT2D eigenvalue weighted by molar-refractivity contribution is 6.08. The third-order valence-corrected chi connectivity index (χ3v) is 3.36. The largest absolute Gasteiger partial charge is 0.466 e. The molecule has 2 rings (SSSR count). The highest BCUT2D eigenvalue weighted by atomic mass is 16.5. The second-order valence-corrected chi connectivity index (χ2v) is 4.96. The van der Waals surface area contributed by atoms with E-state index in [0.29, 0.717) is 5.56 Å². The summed E-state index contributed by atoms with van der Waals surface area (Å²) in [6, 6.07) is 11.6. The number of nitrogens with two attached hydrogens (primary N) is 1. The second kappa shape index (κ2) is 7.40. The summed E-state index contributed by atoms with van der Waals surface area (Å²) in [5.74, 6) is -1.84. The Hall–Kier alpha value is -2.89. The molecule has 0 aromatic heterocycles. The van der Waals surface area contributed by atoms with E-state index in [4.69, 9.17) is 10.5 Å². The number of carbonyl (C=O) groups excluding carboxylic acids is 3. The van der Waals surface area contributed by atoms with E-state index < -0.39 is 23.8 Å². The Bertz CT molecular complexity index is 737. The number of ether oxygens (including phenoxy) is 1. The van der Waals surface area contributed by atoms with Crippen molar-refractivity contribution in [2.45, 2.75) is 19.4 Å². The van der Waals surface area contributed by atoms with Gasteiger partial charge in [-0.2, -0.15) is 0 Å². The fourth-order valence-corrected chi connectivity index (χ4v) is 2.27. The molecule has 0 unspecified atom stereocenters. The molecule has 0 aliphatic carbocycles. The minimum absolute atomic E-state index is 0.196. The molecule has 3 N–H and O–H groups in total. The molecule has 23 heavy (non-hydrogen) atoms. The van der Waals surface area contributed by atoms with Crippen LogP contribution in [-0.2, 0) is 14.3 Å². The van der Waals surface area contributed by atoms with Crippen molar-refractivity contribution in [3.63, 3.8) is 0 Å². The lowest BCUT2D eigenvalue weighted by Gasteiger charge is -2.15. The van der Waals surface area contributed by atoms with Gasteiger partial charge in [-0.05, 0) is 23.8 Å². The Morgan fingerprint density at radius 2 is 1.83 bits per heavy atom. The van der Waals surface area contributed by atoms with Gasteiger partial charge in [0.05, 0.1) is 13.0 Å². The maximum absolute atomic E-state index is 12.4. The van der Waals surface area contributed by atoms with Gasteiger partial charge in [0.25, 0.3) is 5.91 Å². The van der Waals surface area contributed by atoms with Crippen LogP contribution in [0.4, 0.5) is 0 Å². The third kappa shape index (κ3) is 4.06. The summed E-state index contributed by atoms with van der Waals surface area (Å²) in [7, 11) is 0. The summed E-state index contributed by atoms with van der Waals surface area (Å²) in [6.07, 6.45) is -0.292. The van der Waals surface area contributed by atoms with Crippen molar-refractivity contribution in [2.75, 3.05) is 6.61 Å². The first-order valence-electron chi connectivity index (χ1n) is 7.26. The number of esters is 1. The van der Waals surface area contributed by atoms with Gasteiger partial charge in [-0.15, -0.1) is 0 Å². The molecule has 0 aliphatic rings. The summed E-state index contributed by atoms with van der Waals surface area (Å²) < 4.78 is 4.78. The lowest BCUT2D eigenvalue weighted by Crippen LogP contribution is -2.46. The quantitative estimate of drug-likeness (QED) is 0.787. The summed E-state index contributed by atoms with van der Waals surface area (Å²) >= 11 is 0. The Labute approximate surface area is 133 Å². The van der Waals surface area contributed by atoms with Gasteiger partial charge >= 0.3 is 5.97 Å². The fourth-order valence-electron chi connectivity index (χ4n) is 2.27. The van der Waals surface area contributed by atoms with E-state index in [0.717, 1.165) is 10.8 Å². The Kier molecular flexibility index (Phi) is 5.30. The summed E-state index contributed by atoms with van der Waals surface area (Å²) in [5.41, 5.74) is 5.67. The van der Waals surface area contributed by atoms with Crippen LogP contribution >= 0.6 is 0 Å². The number of hydrogen-bond acceptors (Lipinski definition) is 4. The van der Waals surface area contributed by atoms with Crippen LogP contribution in [0.25, 0.3) is 10.8 Å².